The normalized spacial score (nSPS) is 33.1. The highest BCUT2D eigenvalue weighted by Crippen LogP contribution is 2.36. The molecule has 17 heavy (non-hydrogen) atoms. The Kier molecular flexibility index (Phi) is 2.90. The van der Waals surface area contributed by atoms with Gasteiger partial charge in [0.2, 0.25) is 5.79 Å². The minimum atomic E-state index is -1.13. The number of hydrogen-bond donors (Lipinski definition) is 2. The Balaban J connectivity index is 1.96. The van der Waals surface area contributed by atoms with E-state index in [1.165, 1.54) is 12.0 Å². The summed E-state index contributed by atoms with van der Waals surface area (Å²) in [5.41, 5.74) is 2.17. The zero-order valence-electron chi connectivity index (χ0n) is 9.98. The largest absolute Gasteiger partial charge is 0.361 e. The second-order valence-electron chi connectivity index (χ2n) is 4.95. The first kappa shape index (κ1) is 11.2. The van der Waals surface area contributed by atoms with Crippen molar-refractivity contribution >= 4 is 0 Å². The Bertz CT molecular complexity index is 401. The molecule has 2 aliphatic heterocycles. The van der Waals surface area contributed by atoms with Crippen LogP contribution >= 0.6 is 0 Å². The number of fused-ring (bicyclic) bond motifs is 1. The summed E-state index contributed by atoms with van der Waals surface area (Å²) in [6.45, 7) is 1.57. The van der Waals surface area contributed by atoms with Crippen molar-refractivity contribution in [2.24, 2.45) is 0 Å². The molecule has 1 aromatic carbocycles. The molecular weight excluding hydrogens is 214 g/mol. The Morgan fingerprint density at radius 3 is 3.00 bits per heavy atom. The van der Waals surface area contributed by atoms with E-state index in [0.717, 1.165) is 31.4 Å². The van der Waals surface area contributed by atoms with Crippen LogP contribution in [-0.4, -0.2) is 24.3 Å². The van der Waals surface area contributed by atoms with Crippen molar-refractivity contribution in [3.8, 4) is 0 Å². The first-order valence-corrected chi connectivity index (χ1v) is 6.49. The lowest BCUT2D eigenvalue weighted by Gasteiger charge is -2.42. The summed E-state index contributed by atoms with van der Waals surface area (Å²) in [7, 11) is 0. The van der Waals surface area contributed by atoms with Crippen LogP contribution in [0.3, 0.4) is 0 Å². The fourth-order valence-electron chi connectivity index (χ4n) is 2.96. The SMILES string of the molecule is O[C@@]1([C@@H]2CCCCN2)OCCc2ccccc21. The first-order valence-electron chi connectivity index (χ1n) is 6.49. The molecule has 3 rings (SSSR count). The van der Waals surface area contributed by atoms with E-state index >= 15 is 0 Å². The van der Waals surface area contributed by atoms with Gasteiger partial charge in [-0.1, -0.05) is 30.7 Å². The van der Waals surface area contributed by atoms with Gasteiger partial charge in [0.25, 0.3) is 0 Å². The molecule has 2 N–H and O–H groups in total. The van der Waals surface area contributed by atoms with E-state index in [9.17, 15) is 5.11 Å². The van der Waals surface area contributed by atoms with Crippen LogP contribution in [0.25, 0.3) is 0 Å². The van der Waals surface area contributed by atoms with Gasteiger partial charge < -0.3 is 15.2 Å². The highest BCUT2D eigenvalue weighted by Gasteiger charge is 2.43. The van der Waals surface area contributed by atoms with Gasteiger partial charge >= 0.3 is 0 Å². The van der Waals surface area contributed by atoms with Crippen LogP contribution < -0.4 is 5.32 Å². The Labute approximate surface area is 102 Å². The minimum Gasteiger partial charge on any atom is -0.361 e. The lowest BCUT2D eigenvalue weighted by atomic mass is 9.86. The van der Waals surface area contributed by atoms with Crippen molar-refractivity contribution < 1.29 is 9.84 Å². The maximum atomic E-state index is 10.9. The molecule has 0 saturated carbocycles. The molecule has 0 aromatic heterocycles. The monoisotopic (exact) mass is 233 g/mol. The number of benzene rings is 1. The third kappa shape index (κ3) is 1.88. The lowest BCUT2D eigenvalue weighted by molar-refractivity contribution is -0.241. The van der Waals surface area contributed by atoms with Crippen molar-refractivity contribution in [2.75, 3.05) is 13.2 Å². The smallest absolute Gasteiger partial charge is 0.208 e. The quantitative estimate of drug-likeness (QED) is 0.773. The number of rotatable bonds is 1. The Morgan fingerprint density at radius 1 is 1.29 bits per heavy atom. The van der Waals surface area contributed by atoms with Gasteiger partial charge in [0, 0.05) is 5.56 Å². The predicted octanol–water partition coefficient (Wildman–Crippen LogP) is 1.55. The molecule has 3 heteroatoms. The summed E-state index contributed by atoms with van der Waals surface area (Å²) >= 11 is 0. The van der Waals surface area contributed by atoms with Gasteiger partial charge in [-0.05, 0) is 31.4 Å². The molecule has 0 unspecified atom stereocenters. The van der Waals surface area contributed by atoms with Crippen molar-refractivity contribution in [2.45, 2.75) is 37.5 Å². The Hall–Kier alpha value is -0.900. The average molecular weight is 233 g/mol. The molecule has 0 aliphatic carbocycles. The first-order chi connectivity index (χ1) is 8.31. The summed E-state index contributed by atoms with van der Waals surface area (Å²) in [6, 6.07) is 8.11. The summed E-state index contributed by atoms with van der Waals surface area (Å²) in [6.07, 6.45) is 4.22. The number of piperidine rings is 1. The molecule has 0 bridgehead atoms. The summed E-state index contributed by atoms with van der Waals surface area (Å²) < 4.78 is 5.72. The molecule has 0 radical (unpaired) electrons. The molecule has 3 nitrogen and oxygen atoms in total. The molecule has 1 aromatic rings. The zero-order valence-corrected chi connectivity index (χ0v) is 9.98. The molecule has 0 amide bonds. The average Bonchev–Trinajstić information content (AvgIpc) is 2.40. The van der Waals surface area contributed by atoms with E-state index in [1.807, 2.05) is 18.2 Å². The van der Waals surface area contributed by atoms with Gasteiger partial charge in [0.05, 0.1) is 12.6 Å². The number of nitrogens with one attached hydrogen (secondary N) is 1. The van der Waals surface area contributed by atoms with E-state index in [4.69, 9.17) is 4.74 Å². The molecule has 92 valence electrons. The molecule has 1 fully saturated rings. The number of aliphatic hydroxyl groups is 1. The van der Waals surface area contributed by atoms with E-state index in [-0.39, 0.29) is 6.04 Å². The molecule has 2 aliphatic rings. The van der Waals surface area contributed by atoms with E-state index in [2.05, 4.69) is 11.4 Å². The summed E-state index contributed by atoms with van der Waals surface area (Å²) in [5.74, 6) is -1.13. The minimum absolute atomic E-state index is 0.0256. The van der Waals surface area contributed by atoms with Crippen molar-refractivity contribution in [3.05, 3.63) is 35.4 Å². The van der Waals surface area contributed by atoms with Gasteiger partial charge in [-0.25, -0.2) is 0 Å². The maximum Gasteiger partial charge on any atom is 0.208 e. The predicted molar refractivity (Wildman–Crippen MR) is 65.6 cm³/mol. The van der Waals surface area contributed by atoms with E-state index in [0.29, 0.717) is 6.61 Å². The zero-order chi connectivity index (χ0) is 11.7. The summed E-state index contributed by atoms with van der Waals surface area (Å²) in [4.78, 5) is 0. The van der Waals surface area contributed by atoms with Crippen LogP contribution in [0, 0.1) is 0 Å². The standard InChI is InChI=1S/C14H19NO2/c16-14(13-7-3-4-9-15-13)12-6-2-1-5-11(12)8-10-17-14/h1-2,5-6,13,15-16H,3-4,7-10H2/t13-,14+/m0/s1. The number of hydrogen-bond acceptors (Lipinski definition) is 3. The second-order valence-corrected chi connectivity index (χ2v) is 4.95. The molecule has 1 saturated heterocycles. The Morgan fingerprint density at radius 2 is 2.18 bits per heavy atom. The van der Waals surface area contributed by atoms with E-state index in [1.54, 1.807) is 0 Å². The van der Waals surface area contributed by atoms with E-state index < -0.39 is 5.79 Å². The fraction of sp³-hybridized carbons (Fsp3) is 0.571. The highest BCUT2D eigenvalue weighted by molar-refractivity contribution is 5.34. The lowest BCUT2D eigenvalue weighted by Crippen LogP contribution is -2.54. The summed E-state index contributed by atoms with van der Waals surface area (Å²) in [5, 5.41) is 14.3. The highest BCUT2D eigenvalue weighted by atomic mass is 16.6. The molecule has 0 spiro atoms. The third-order valence-corrected chi connectivity index (χ3v) is 3.88. The van der Waals surface area contributed by atoms with Gasteiger partial charge in [-0.15, -0.1) is 0 Å². The fourth-order valence-corrected chi connectivity index (χ4v) is 2.96. The van der Waals surface area contributed by atoms with Crippen molar-refractivity contribution in [3.63, 3.8) is 0 Å². The molecule has 2 heterocycles. The van der Waals surface area contributed by atoms with Crippen molar-refractivity contribution in [1.29, 1.82) is 0 Å². The molecular formula is C14H19NO2. The topological polar surface area (TPSA) is 41.5 Å². The van der Waals surface area contributed by atoms with Crippen LogP contribution in [0.1, 0.15) is 30.4 Å². The van der Waals surface area contributed by atoms with Crippen LogP contribution in [0.15, 0.2) is 24.3 Å². The van der Waals surface area contributed by atoms with Crippen LogP contribution in [-0.2, 0) is 16.9 Å². The van der Waals surface area contributed by atoms with Gasteiger partial charge in [0.15, 0.2) is 0 Å². The van der Waals surface area contributed by atoms with Gasteiger partial charge in [0.1, 0.15) is 0 Å². The van der Waals surface area contributed by atoms with Crippen LogP contribution in [0.2, 0.25) is 0 Å². The van der Waals surface area contributed by atoms with Gasteiger partial charge in [-0.2, -0.15) is 0 Å². The molecule has 2 atom stereocenters. The van der Waals surface area contributed by atoms with Crippen molar-refractivity contribution in [1.82, 2.24) is 5.32 Å². The second kappa shape index (κ2) is 4.41. The van der Waals surface area contributed by atoms with Gasteiger partial charge in [-0.3, -0.25) is 0 Å². The number of ether oxygens (including phenoxy) is 1. The van der Waals surface area contributed by atoms with Crippen LogP contribution in [0.4, 0.5) is 0 Å². The van der Waals surface area contributed by atoms with Crippen LogP contribution in [0.5, 0.6) is 0 Å². The maximum absolute atomic E-state index is 10.9. The third-order valence-electron chi connectivity index (χ3n) is 3.88.